The SMILES string of the molecule is CCC(N)(CCCSC1CCCCC1)C(=O)O. The Morgan fingerprint density at radius 3 is 2.59 bits per heavy atom. The van der Waals surface area contributed by atoms with Gasteiger partial charge in [-0.3, -0.25) is 4.79 Å². The van der Waals surface area contributed by atoms with Gasteiger partial charge < -0.3 is 10.8 Å². The van der Waals surface area contributed by atoms with Crippen molar-refractivity contribution >= 4 is 17.7 Å². The highest BCUT2D eigenvalue weighted by atomic mass is 32.2. The molecule has 1 saturated carbocycles. The summed E-state index contributed by atoms with van der Waals surface area (Å²) < 4.78 is 0. The van der Waals surface area contributed by atoms with Gasteiger partial charge in [-0.05, 0) is 37.9 Å². The lowest BCUT2D eigenvalue weighted by Crippen LogP contribution is -2.47. The quantitative estimate of drug-likeness (QED) is 0.690. The first-order valence-corrected chi connectivity index (χ1v) is 7.77. The molecule has 3 nitrogen and oxygen atoms in total. The predicted molar refractivity (Wildman–Crippen MR) is 73.4 cm³/mol. The summed E-state index contributed by atoms with van der Waals surface area (Å²) in [6, 6.07) is 0. The summed E-state index contributed by atoms with van der Waals surface area (Å²) in [6.07, 6.45) is 8.81. The molecule has 1 unspecified atom stereocenters. The van der Waals surface area contributed by atoms with E-state index in [1.54, 1.807) is 0 Å². The van der Waals surface area contributed by atoms with Crippen LogP contribution in [0.2, 0.25) is 0 Å². The second kappa shape index (κ2) is 7.27. The number of hydrogen-bond donors (Lipinski definition) is 2. The van der Waals surface area contributed by atoms with E-state index in [1.165, 1.54) is 32.1 Å². The highest BCUT2D eigenvalue weighted by molar-refractivity contribution is 7.99. The highest BCUT2D eigenvalue weighted by Gasteiger charge is 2.31. The fourth-order valence-corrected chi connectivity index (χ4v) is 3.62. The summed E-state index contributed by atoms with van der Waals surface area (Å²) in [5, 5.41) is 9.86. The maximum Gasteiger partial charge on any atom is 0.323 e. The van der Waals surface area contributed by atoms with Gasteiger partial charge in [-0.1, -0.05) is 26.2 Å². The van der Waals surface area contributed by atoms with Gasteiger partial charge in [-0.15, -0.1) is 0 Å². The van der Waals surface area contributed by atoms with E-state index in [-0.39, 0.29) is 0 Å². The summed E-state index contributed by atoms with van der Waals surface area (Å²) in [5.41, 5.74) is 4.84. The number of rotatable bonds is 7. The van der Waals surface area contributed by atoms with E-state index in [0.717, 1.165) is 17.4 Å². The molecule has 0 spiro atoms. The topological polar surface area (TPSA) is 63.3 Å². The van der Waals surface area contributed by atoms with E-state index in [0.29, 0.717) is 12.8 Å². The van der Waals surface area contributed by atoms with Crippen LogP contribution in [-0.2, 0) is 4.79 Å². The molecule has 1 fully saturated rings. The lowest BCUT2D eigenvalue weighted by Gasteiger charge is -2.24. The summed E-state index contributed by atoms with van der Waals surface area (Å²) in [7, 11) is 0. The molecule has 0 aliphatic heterocycles. The molecule has 0 bridgehead atoms. The van der Waals surface area contributed by atoms with Crippen molar-refractivity contribution in [2.45, 2.75) is 69.1 Å². The Labute approximate surface area is 109 Å². The Morgan fingerprint density at radius 1 is 1.41 bits per heavy atom. The third kappa shape index (κ3) is 4.88. The molecule has 100 valence electrons. The molecule has 1 rings (SSSR count). The molecule has 0 radical (unpaired) electrons. The van der Waals surface area contributed by atoms with E-state index >= 15 is 0 Å². The smallest absolute Gasteiger partial charge is 0.323 e. The van der Waals surface area contributed by atoms with Crippen LogP contribution in [-0.4, -0.2) is 27.6 Å². The molecule has 1 aliphatic rings. The lowest BCUT2D eigenvalue weighted by atomic mass is 9.92. The minimum atomic E-state index is -1.01. The Morgan fingerprint density at radius 2 is 2.06 bits per heavy atom. The van der Waals surface area contributed by atoms with Crippen LogP contribution >= 0.6 is 11.8 Å². The summed E-state index contributed by atoms with van der Waals surface area (Å²) in [5.74, 6) is 0.194. The van der Waals surface area contributed by atoms with Crippen LogP contribution in [0.25, 0.3) is 0 Å². The number of hydrogen-bond acceptors (Lipinski definition) is 3. The average molecular weight is 259 g/mol. The zero-order chi connectivity index (χ0) is 12.7. The van der Waals surface area contributed by atoms with Crippen LogP contribution in [0.4, 0.5) is 0 Å². The van der Waals surface area contributed by atoms with Gasteiger partial charge in [0.05, 0.1) is 0 Å². The predicted octanol–water partition coefficient (Wildman–Crippen LogP) is 3.02. The monoisotopic (exact) mass is 259 g/mol. The van der Waals surface area contributed by atoms with Crippen molar-refractivity contribution in [3.63, 3.8) is 0 Å². The van der Waals surface area contributed by atoms with Crippen molar-refractivity contribution in [3.8, 4) is 0 Å². The van der Waals surface area contributed by atoms with Gasteiger partial charge in [0, 0.05) is 5.25 Å². The van der Waals surface area contributed by atoms with Crippen molar-refractivity contribution in [2.24, 2.45) is 5.73 Å². The maximum absolute atomic E-state index is 11.0. The van der Waals surface area contributed by atoms with Crippen LogP contribution in [0.3, 0.4) is 0 Å². The van der Waals surface area contributed by atoms with E-state index in [9.17, 15) is 4.79 Å². The molecular formula is C13H25NO2S. The summed E-state index contributed by atoms with van der Waals surface area (Å²) in [6.45, 7) is 1.85. The normalized spacial score (nSPS) is 21.1. The molecule has 3 N–H and O–H groups in total. The van der Waals surface area contributed by atoms with Crippen LogP contribution in [0.15, 0.2) is 0 Å². The third-order valence-electron chi connectivity index (χ3n) is 3.73. The van der Waals surface area contributed by atoms with Crippen LogP contribution in [0, 0.1) is 0 Å². The van der Waals surface area contributed by atoms with Crippen molar-refractivity contribution in [1.82, 2.24) is 0 Å². The number of carboxylic acid groups (broad SMARTS) is 1. The summed E-state index contributed by atoms with van der Waals surface area (Å²) >= 11 is 2.01. The number of thioether (sulfide) groups is 1. The highest BCUT2D eigenvalue weighted by Crippen LogP contribution is 2.29. The van der Waals surface area contributed by atoms with E-state index in [1.807, 2.05) is 18.7 Å². The van der Waals surface area contributed by atoms with Gasteiger partial charge >= 0.3 is 5.97 Å². The zero-order valence-electron chi connectivity index (χ0n) is 10.8. The van der Waals surface area contributed by atoms with Crippen molar-refractivity contribution in [3.05, 3.63) is 0 Å². The molecule has 4 heteroatoms. The minimum Gasteiger partial charge on any atom is -0.480 e. The number of carboxylic acids is 1. The van der Waals surface area contributed by atoms with E-state index < -0.39 is 11.5 Å². The number of nitrogens with two attached hydrogens (primary N) is 1. The fourth-order valence-electron chi connectivity index (χ4n) is 2.30. The lowest BCUT2D eigenvalue weighted by molar-refractivity contribution is -0.143. The van der Waals surface area contributed by atoms with Crippen LogP contribution < -0.4 is 5.73 Å². The van der Waals surface area contributed by atoms with E-state index in [2.05, 4.69) is 0 Å². The minimum absolute atomic E-state index is 0.510. The van der Waals surface area contributed by atoms with E-state index in [4.69, 9.17) is 10.8 Å². The van der Waals surface area contributed by atoms with Gasteiger partial charge in [-0.25, -0.2) is 0 Å². The first-order valence-electron chi connectivity index (χ1n) is 6.72. The van der Waals surface area contributed by atoms with Gasteiger partial charge in [0.1, 0.15) is 5.54 Å². The molecular weight excluding hydrogens is 234 g/mol. The fraction of sp³-hybridized carbons (Fsp3) is 0.923. The first-order chi connectivity index (χ1) is 8.08. The first kappa shape index (κ1) is 14.8. The largest absolute Gasteiger partial charge is 0.480 e. The molecule has 0 aromatic rings. The van der Waals surface area contributed by atoms with Gasteiger partial charge in [0.25, 0.3) is 0 Å². The second-order valence-corrected chi connectivity index (χ2v) is 6.46. The third-order valence-corrected chi connectivity index (χ3v) is 5.20. The van der Waals surface area contributed by atoms with Gasteiger partial charge in [0.15, 0.2) is 0 Å². The Balaban J connectivity index is 2.16. The second-order valence-electron chi connectivity index (χ2n) is 5.05. The molecule has 1 aliphatic carbocycles. The molecule has 0 amide bonds. The molecule has 0 aromatic heterocycles. The Kier molecular flexibility index (Phi) is 6.34. The van der Waals surface area contributed by atoms with Crippen LogP contribution in [0.1, 0.15) is 58.3 Å². The average Bonchev–Trinajstić information content (AvgIpc) is 2.35. The summed E-state index contributed by atoms with van der Waals surface area (Å²) in [4.78, 5) is 11.0. The Bertz CT molecular complexity index is 242. The molecule has 0 saturated heterocycles. The van der Waals surface area contributed by atoms with Crippen molar-refractivity contribution < 1.29 is 9.90 Å². The maximum atomic E-state index is 11.0. The van der Waals surface area contributed by atoms with Crippen molar-refractivity contribution in [2.75, 3.05) is 5.75 Å². The number of aliphatic carboxylic acids is 1. The molecule has 17 heavy (non-hydrogen) atoms. The number of carbonyl (C=O) groups is 1. The standard InChI is InChI=1S/C13H25NO2S/c1-2-13(14,12(15)16)9-6-10-17-11-7-4-3-5-8-11/h11H,2-10,14H2,1H3,(H,15,16). The molecule has 0 heterocycles. The Hall–Kier alpha value is -0.220. The van der Waals surface area contributed by atoms with Crippen molar-refractivity contribution in [1.29, 1.82) is 0 Å². The molecule has 0 aromatic carbocycles. The molecule has 1 atom stereocenters. The van der Waals surface area contributed by atoms with Crippen LogP contribution in [0.5, 0.6) is 0 Å². The zero-order valence-corrected chi connectivity index (χ0v) is 11.6. The van der Waals surface area contributed by atoms with Gasteiger partial charge in [-0.2, -0.15) is 11.8 Å². The van der Waals surface area contributed by atoms with Gasteiger partial charge in [0.2, 0.25) is 0 Å².